The van der Waals surface area contributed by atoms with Crippen LogP contribution in [0.5, 0.6) is 0 Å². The van der Waals surface area contributed by atoms with Crippen molar-refractivity contribution in [3.8, 4) is 0 Å². The van der Waals surface area contributed by atoms with Crippen molar-refractivity contribution in [2.45, 2.75) is 6.54 Å². The highest BCUT2D eigenvalue weighted by atomic mass is 16.3. The normalized spacial score (nSPS) is 10.2. The first kappa shape index (κ1) is 11.2. The maximum Gasteiger partial charge on any atom is 0.268 e. The standard InChI is InChI=1S/C11H11N3O3/c12-13-11(16)9-3-6-17-10(9)7-14-4-1-8(15)2-5-14/h1-6H,7,12H2,(H,13,16). The monoisotopic (exact) mass is 233 g/mol. The second-order valence-electron chi connectivity index (χ2n) is 3.44. The van der Waals surface area contributed by atoms with Gasteiger partial charge >= 0.3 is 0 Å². The molecule has 88 valence electrons. The number of amides is 1. The average molecular weight is 233 g/mol. The zero-order chi connectivity index (χ0) is 12.3. The van der Waals surface area contributed by atoms with Gasteiger partial charge in [-0.15, -0.1) is 0 Å². The molecule has 3 N–H and O–H groups in total. The van der Waals surface area contributed by atoms with Crippen LogP contribution >= 0.6 is 0 Å². The van der Waals surface area contributed by atoms with Gasteiger partial charge in [-0.3, -0.25) is 15.0 Å². The molecule has 6 heteroatoms. The number of hydrogen-bond donors (Lipinski definition) is 2. The number of nitrogen functional groups attached to an aromatic ring is 1. The highest BCUT2D eigenvalue weighted by Gasteiger charge is 2.13. The number of pyridine rings is 1. The molecular formula is C11H11N3O3. The third-order valence-electron chi connectivity index (χ3n) is 2.31. The van der Waals surface area contributed by atoms with E-state index in [9.17, 15) is 9.59 Å². The minimum absolute atomic E-state index is 0.0689. The molecule has 2 heterocycles. The van der Waals surface area contributed by atoms with Crippen molar-refractivity contribution in [3.05, 3.63) is 58.4 Å². The molecule has 6 nitrogen and oxygen atoms in total. The predicted octanol–water partition coefficient (Wildman–Crippen LogP) is 0.0931. The Hall–Kier alpha value is -2.34. The minimum atomic E-state index is -0.408. The largest absolute Gasteiger partial charge is 0.467 e. The molecular weight excluding hydrogens is 222 g/mol. The number of aromatic nitrogens is 1. The lowest BCUT2D eigenvalue weighted by Gasteiger charge is -2.05. The number of nitrogens with two attached hydrogens (primary N) is 1. The lowest BCUT2D eigenvalue weighted by molar-refractivity contribution is 0.0951. The number of furan rings is 1. The zero-order valence-electron chi connectivity index (χ0n) is 8.92. The molecule has 0 fully saturated rings. The van der Waals surface area contributed by atoms with E-state index in [1.165, 1.54) is 18.4 Å². The first-order chi connectivity index (χ1) is 8.20. The zero-order valence-corrected chi connectivity index (χ0v) is 8.92. The van der Waals surface area contributed by atoms with E-state index < -0.39 is 5.91 Å². The van der Waals surface area contributed by atoms with Gasteiger partial charge in [-0.05, 0) is 6.07 Å². The van der Waals surface area contributed by atoms with E-state index in [1.54, 1.807) is 23.0 Å². The molecule has 0 aromatic carbocycles. The molecule has 2 aromatic heterocycles. The molecule has 0 saturated carbocycles. The van der Waals surface area contributed by atoms with Gasteiger partial charge in [0.05, 0.1) is 18.4 Å². The SMILES string of the molecule is NNC(=O)c1ccoc1Cn1ccc(=O)cc1. The maximum atomic E-state index is 11.4. The Morgan fingerprint density at radius 3 is 2.71 bits per heavy atom. The van der Waals surface area contributed by atoms with Crippen LogP contribution in [-0.4, -0.2) is 10.5 Å². The molecule has 17 heavy (non-hydrogen) atoms. The summed E-state index contributed by atoms with van der Waals surface area (Å²) in [7, 11) is 0. The van der Waals surface area contributed by atoms with Crippen LogP contribution in [0.1, 0.15) is 16.1 Å². The van der Waals surface area contributed by atoms with E-state index in [0.717, 1.165) is 0 Å². The van der Waals surface area contributed by atoms with Gasteiger partial charge in [0.15, 0.2) is 5.43 Å². The van der Waals surface area contributed by atoms with Gasteiger partial charge in [0.1, 0.15) is 5.76 Å². The summed E-state index contributed by atoms with van der Waals surface area (Å²) in [6.07, 6.45) is 4.66. The topological polar surface area (TPSA) is 90.3 Å². The van der Waals surface area contributed by atoms with E-state index in [2.05, 4.69) is 0 Å². The second kappa shape index (κ2) is 4.67. The summed E-state index contributed by atoms with van der Waals surface area (Å²) in [6.45, 7) is 0.357. The van der Waals surface area contributed by atoms with E-state index in [4.69, 9.17) is 10.3 Å². The fourth-order valence-electron chi connectivity index (χ4n) is 1.46. The Labute approximate surface area is 96.6 Å². The number of nitrogens with zero attached hydrogens (tertiary/aromatic N) is 1. The summed E-state index contributed by atoms with van der Waals surface area (Å²) < 4.78 is 6.94. The molecule has 0 bridgehead atoms. The Morgan fingerprint density at radius 1 is 1.35 bits per heavy atom. The number of carbonyl (C=O) groups excluding carboxylic acids is 1. The van der Waals surface area contributed by atoms with Gasteiger partial charge in [-0.25, -0.2) is 5.84 Å². The van der Waals surface area contributed by atoms with Crippen LogP contribution in [-0.2, 0) is 6.54 Å². The molecule has 0 radical (unpaired) electrons. The van der Waals surface area contributed by atoms with Gasteiger partial charge in [0, 0.05) is 24.5 Å². The molecule has 0 spiro atoms. The maximum absolute atomic E-state index is 11.4. The van der Waals surface area contributed by atoms with E-state index in [1.807, 2.05) is 5.43 Å². The molecule has 1 amide bonds. The number of hydrazine groups is 1. The number of hydrogen-bond acceptors (Lipinski definition) is 4. The van der Waals surface area contributed by atoms with Crippen molar-refractivity contribution in [1.29, 1.82) is 0 Å². The highest BCUT2D eigenvalue weighted by molar-refractivity contribution is 5.94. The molecule has 2 rings (SSSR count). The Kier molecular flexibility index (Phi) is 3.06. The van der Waals surface area contributed by atoms with Crippen LogP contribution in [0.2, 0.25) is 0 Å². The Morgan fingerprint density at radius 2 is 2.06 bits per heavy atom. The van der Waals surface area contributed by atoms with E-state index >= 15 is 0 Å². The smallest absolute Gasteiger partial charge is 0.268 e. The summed E-state index contributed by atoms with van der Waals surface area (Å²) in [5, 5.41) is 0. The Bertz CT molecular complexity index is 565. The van der Waals surface area contributed by atoms with Crippen molar-refractivity contribution in [1.82, 2.24) is 9.99 Å². The average Bonchev–Trinajstić information content (AvgIpc) is 2.79. The number of rotatable bonds is 3. The minimum Gasteiger partial charge on any atom is -0.467 e. The summed E-state index contributed by atoms with van der Waals surface area (Å²) in [5.41, 5.74) is 2.36. The van der Waals surface area contributed by atoms with Crippen molar-refractivity contribution >= 4 is 5.91 Å². The molecule has 0 saturated heterocycles. The lowest BCUT2D eigenvalue weighted by atomic mass is 10.2. The van der Waals surface area contributed by atoms with Crippen molar-refractivity contribution < 1.29 is 9.21 Å². The van der Waals surface area contributed by atoms with Crippen molar-refractivity contribution in [3.63, 3.8) is 0 Å². The molecule has 0 aliphatic heterocycles. The first-order valence-electron chi connectivity index (χ1n) is 4.94. The molecule has 0 aliphatic rings. The van der Waals surface area contributed by atoms with Crippen LogP contribution in [0.15, 0.2) is 46.1 Å². The van der Waals surface area contributed by atoms with Gasteiger partial charge in [-0.1, -0.05) is 0 Å². The van der Waals surface area contributed by atoms with Crippen LogP contribution in [0.3, 0.4) is 0 Å². The first-order valence-corrected chi connectivity index (χ1v) is 4.94. The van der Waals surface area contributed by atoms with Crippen LogP contribution in [0.25, 0.3) is 0 Å². The summed E-state index contributed by atoms with van der Waals surface area (Å²) >= 11 is 0. The van der Waals surface area contributed by atoms with Gasteiger partial charge < -0.3 is 8.98 Å². The van der Waals surface area contributed by atoms with Crippen LogP contribution in [0, 0.1) is 0 Å². The summed E-state index contributed by atoms with van der Waals surface area (Å²) in [5.74, 6) is 5.13. The summed E-state index contributed by atoms with van der Waals surface area (Å²) in [4.78, 5) is 22.3. The fraction of sp³-hybridized carbons (Fsp3) is 0.0909. The molecule has 0 unspecified atom stereocenters. The second-order valence-corrected chi connectivity index (χ2v) is 3.44. The third-order valence-corrected chi connectivity index (χ3v) is 2.31. The van der Waals surface area contributed by atoms with Crippen LogP contribution in [0.4, 0.5) is 0 Å². The molecule has 0 atom stereocenters. The number of nitrogens with one attached hydrogen (secondary N) is 1. The number of carbonyl (C=O) groups is 1. The van der Waals surface area contributed by atoms with Gasteiger partial charge in [0.25, 0.3) is 5.91 Å². The third kappa shape index (κ3) is 2.43. The van der Waals surface area contributed by atoms with Crippen molar-refractivity contribution in [2.24, 2.45) is 5.84 Å². The van der Waals surface area contributed by atoms with Gasteiger partial charge in [0.2, 0.25) is 0 Å². The van der Waals surface area contributed by atoms with Gasteiger partial charge in [-0.2, -0.15) is 0 Å². The quantitative estimate of drug-likeness (QED) is 0.446. The highest BCUT2D eigenvalue weighted by Crippen LogP contribution is 2.11. The summed E-state index contributed by atoms with van der Waals surface area (Å²) in [6, 6.07) is 4.41. The Balaban J connectivity index is 2.24. The lowest BCUT2D eigenvalue weighted by Crippen LogP contribution is -2.30. The van der Waals surface area contributed by atoms with Crippen molar-refractivity contribution in [2.75, 3.05) is 0 Å². The van der Waals surface area contributed by atoms with Crippen LogP contribution < -0.4 is 16.7 Å². The predicted molar refractivity (Wildman–Crippen MR) is 60.2 cm³/mol. The fourth-order valence-corrected chi connectivity index (χ4v) is 1.46. The molecule has 0 aliphatic carbocycles. The van der Waals surface area contributed by atoms with E-state index in [0.29, 0.717) is 17.9 Å². The molecule has 2 aromatic rings. The van der Waals surface area contributed by atoms with E-state index in [-0.39, 0.29) is 5.43 Å².